The fourth-order valence-electron chi connectivity index (χ4n) is 2.11. The SMILES string of the molecule is Bc1cnc(NC2CCCC2)c(C(=O)O)c1. The Balaban J connectivity index is 2.21. The van der Waals surface area contributed by atoms with Crippen LogP contribution in [0.2, 0.25) is 0 Å². The van der Waals surface area contributed by atoms with E-state index in [1.165, 1.54) is 12.8 Å². The second-order valence-corrected chi connectivity index (χ2v) is 4.34. The van der Waals surface area contributed by atoms with Gasteiger partial charge in [0.25, 0.3) is 0 Å². The number of carboxylic acids is 1. The molecule has 1 heterocycles. The maximum absolute atomic E-state index is 11.1. The summed E-state index contributed by atoms with van der Waals surface area (Å²) in [7, 11) is 1.85. The Hall–Kier alpha value is -1.52. The van der Waals surface area contributed by atoms with Gasteiger partial charge in [-0.2, -0.15) is 0 Å². The van der Waals surface area contributed by atoms with Gasteiger partial charge in [-0.1, -0.05) is 18.3 Å². The first kappa shape index (κ1) is 11.0. The van der Waals surface area contributed by atoms with Crippen molar-refractivity contribution in [1.82, 2.24) is 4.98 Å². The minimum absolute atomic E-state index is 0.270. The molecule has 84 valence electrons. The lowest BCUT2D eigenvalue weighted by Crippen LogP contribution is -2.20. The molecule has 0 radical (unpaired) electrons. The van der Waals surface area contributed by atoms with E-state index in [-0.39, 0.29) is 5.56 Å². The number of carboxylic acid groups (broad SMARTS) is 1. The van der Waals surface area contributed by atoms with Crippen molar-refractivity contribution in [2.45, 2.75) is 31.7 Å². The molecule has 0 unspecified atom stereocenters. The van der Waals surface area contributed by atoms with Crippen LogP contribution in [0.5, 0.6) is 0 Å². The highest BCUT2D eigenvalue weighted by molar-refractivity contribution is 6.32. The van der Waals surface area contributed by atoms with E-state index < -0.39 is 5.97 Å². The topological polar surface area (TPSA) is 62.2 Å². The fourth-order valence-corrected chi connectivity index (χ4v) is 2.11. The number of hydrogen-bond donors (Lipinski definition) is 2. The largest absolute Gasteiger partial charge is 0.478 e. The molecule has 0 spiro atoms. The molecule has 1 aromatic rings. The standard InChI is InChI=1S/C11H15BN2O2/c12-7-5-9(11(15)16)10(13-6-7)14-8-3-1-2-4-8/h5-6,8H,1-4,12H2,(H,13,14)(H,15,16). The summed E-state index contributed by atoms with van der Waals surface area (Å²) in [6.07, 6.45) is 6.34. The van der Waals surface area contributed by atoms with Gasteiger partial charge >= 0.3 is 5.97 Å². The van der Waals surface area contributed by atoms with Crippen LogP contribution in [-0.2, 0) is 0 Å². The summed E-state index contributed by atoms with van der Waals surface area (Å²) in [5.74, 6) is -0.415. The summed E-state index contributed by atoms with van der Waals surface area (Å²) < 4.78 is 0. The van der Waals surface area contributed by atoms with Crippen LogP contribution in [0.15, 0.2) is 12.3 Å². The van der Waals surface area contributed by atoms with E-state index in [9.17, 15) is 4.79 Å². The maximum Gasteiger partial charge on any atom is 0.339 e. The fraction of sp³-hybridized carbons (Fsp3) is 0.455. The van der Waals surface area contributed by atoms with E-state index in [2.05, 4.69) is 10.3 Å². The third-order valence-electron chi connectivity index (χ3n) is 2.95. The highest BCUT2D eigenvalue weighted by atomic mass is 16.4. The van der Waals surface area contributed by atoms with Gasteiger partial charge in [0.1, 0.15) is 19.2 Å². The van der Waals surface area contributed by atoms with Crippen molar-refractivity contribution in [3.63, 3.8) is 0 Å². The molecule has 5 heteroatoms. The van der Waals surface area contributed by atoms with Gasteiger partial charge in [-0.3, -0.25) is 0 Å². The number of rotatable bonds is 3. The second kappa shape index (κ2) is 4.55. The van der Waals surface area contributed by atoms with Crippen LogP contribution in [0.3, 0.4) is 0 Å². The predicted octanol–water partition coefficient (Wildman–Crippen LogP) is 0.393. The molecule has 4 nitrogen and oxygen atoms in total. The van der Waals surface area contributed by atoms with E-state index >= 15 is 0 Å². The minimum atomic E-state index is -0.920. The average molecular weight is 218 g/mol. The summed E-state index contributed by atoms with van der Waals surface area (Å²) in [4.78, 5) is 15.2. The molecule has 0 atom stereocenters. The number of pyridine rings is 1. The molecule has 0 aliphatic heterocycles. The predicted molar refractivity (Wildman–Crippen MR) is 65.3 cm³/mol. The first-order valence-electron chi connectivity index (χ1n) is 5.63. The van der Waals surface area contributed by atoms with Gasteiger partial charge in [-0.15, -0.1) is 0 Å². The molecule has 16 heavy (non-hydrogen) atoms. The molecule has 0 bridgehead atoms. The lowest BCUT2D eigenvalue weighted by molar-refractivity contribution is 0.0697. The second-order valence-electron chi connectivity index (χ2n) is 4.34. The van der Waals surface area contributed by atoms with Gasteiger partial charge in [0.05, 0.1) is 0 Å². The van der Waals surface area contributed by atoms with E-state index in [0.29, 0.717) is 11.9 Å². The Kier molecular flexibility index (Phi) is 3.13. The lowest BCUT2D eigenvalue weighted by Gasteiger charge is -2.14. The Morgan fingerprint density at radius 3 is 2.81 bits per heavy atom. The van der Waals surface area contributed by atoms with Gasteiger partial charge in [-0.05, 0) is 18.9 Å². The number of aromatic nitrogens is 1. The maximum atomic E-state index is 11.1. The van der Waals surface area contributed by atoms with Crippen LogP contribution < -0.4 is 10.8 Å². The number of anilines is 1. The van der Waals surface area contributed by atoms with Gasteiger partial charge in [0, 0.05) is 12.2 Å². The number of carbonyl (C=O) groups is 1. The highest BCUT2D eigenvalue weighted by Gasteiger charge is 2.18. The van der Waals surface area contributed by atoms with Gasteiger partial charge in [-0.25, -0.2) is 9.78 Å². The number of nitrogens with one attached hydrogen (secondary N) is 1. The molecule has 2 rings (SSSR count). The van der Waals surface area contributed by atoms with Gasteiger partial charge in [0.2, 0.25) is 0 Å². The minimum Gasteiger partial charge on any atom is -0.478 e. The molecular formula is C11H15BN2O2. The monoisotopic (exact) mass is 218 g/mol. The van der Waals surface area contributed by atoms with Crippen LogP contribution in [0.25, 0.3) is 0 Å². The van der Waals surface area contributed by atoms with Crippen LogP contribution in [0.1, 0.15) is 36.0 Å². The quantitative estimate of drug-likeness (QED) is 0.720. The molecule has 2 N–H and O–H groups in total. The summed E-state index contributed by atoms with van der Waals surface area (Å²) in [6, 6.07) is 2.04. The molecule has 1 aromatic heterocycles. The first-order valence-corrected chi connectivity index (χ1v) is 5.63. The molecule has 0 saturated heterocycles. The van der Waals surface area contributed by atoms with Crippen molar-refractivity contribution in [3.8, 4) is 0 Å². The van der Waals surface area contributed by atoms with Crippen molar-refractivity contribution in [3.05, 3.63) is 17.8 Å². The van der Waals surface area contributed by atoms with Crippen molar-refractivity contribution in [2.24, 2.45) is 0 Å². The summed E-state index contributed by atoms with van der Waals surface area (Å²) in [6.45, 7) is 0. The smallest absolute Gasteiger partial charge is 0.339 e. The number of nitrogens with zero attached hydrogens (tertiary/aromatic N) is 1. The Labute approximate surface area is 95.5 Å². The zero-order valence-electron chi connectivity index (χ0n) is 9.36. The molecule has 1 aliphatic rings. The normalized spacial score (nSPS) is 16.2. The van der Waals surface area contributed by atoms with Crippen molar-refractivity contribution in [1.29, 1.82) is 0 Å². The zero-order chi connectivity index (χ0) is 11.5. The van der Waals surface area contributed by atoms with Crippen LogP contribution in [0, 0.1) is 0 Å². The summed E-state index contributed by atoms with van der Waals surface area (Å²) >= 11 is 0. The van der Waals surface area contributed by atoms with E-state index in [0.717, 1.165) is 18.3 Å². The van der Waals surface area contributed by atoms with Gasteiger partial charge < -0.3 is 10.4 Å². The Bertz CT molecular complexity index is 403. The van der Waals surface area contributed by atoms with Crippen molar-refractivity contribution < 1.29 is 9.90 Å². The summed E-state index contributed by atoms with van der Waals surface area (Å²) in [5.41, 5.74) is 1.14. The average Bonchev–Trinajstić information content (AvgIpc) is 2.73. The molecule has 1 aliphatic carbocycles. The van der Waals surface area contributed by atoms with Crippen molar-refractivity contribution in [2.75, 3.05) is 5.32 Å². The lowest BCUT2D eigenvalue weighted by atomic mass is 9.97. The molecule has 0 amide bonds. The number of aromatic carboxylic acids is 1. The number of hydrogen-bond acceptors (Lipinski definition) is 3. The van der Waals surface area contributed by atoms with Gasteiger partial charge in [0.15, 0.2) is 0 Å². The Morgan fingerprint density at radius 1 is 1.50 bits per heavy atom. The van der Waals surface area contributed by atoms with Crippen LogP contribution in [-0.4, -0.2) is 29.9 Å². The van der Waals surface area contributed by atoms with Crippen LogP contribution >= 0.6 is 0 Å². The highest BCUT2D eigenvalue weighted by Crippen LogP contribution is 2.22. The Morgan fingerprint density at radius 2 is 2.19 bits per heavy atom. The molecule has 1 saturated carbocycles. The first-order chi connectivity index (χ1) is 7.66. The third kappa shape index (κ3) is 2.35. The summed E-state index contributed by atoms with van der Waals surface area (Å²) in [5, 5.41) is 12.3. The van der Waals surface area contributed by atoms with E-state index in [4.69, 9.17) is 5.11 Å². The van der Waals surface area contributed by atoms with E-state index in [1.54, 1.807) is 12.3 Å². The van der Waals surface area contributed by atoms with Crippen molar-refractivity contribution >= 4 is 25.1 Å². The van der Waals surface area contributed by atoms with E-state index in [1.807, 2.05) is 7.85 Å². The zero-order valence-corrected chi connectivity index (χ0v) is 9.36. The molecular weight excluding hydrogens is 203 g/mol. The third-order valence-corrected chi connectivity index (χ3v) is 2.95. The molecule has 0 aromatic carbocycles. The molecule has 1 fully saturated rings. The van der Waals surface area contributed by atoms with Crippen LogP contribution in [0.4, 0.5) is 5.82 Å².